The van der Waals surface area contributed by atoms with Gasteiger partial charge in [-0.05, 0) is 12.1 Å². The standard InChI is InChI=1S/C7H6N2O.C2HF3O2/c10-7-8-5-3-1-2-4-6(5)9-7;3-2(4,5)1(6)7/h1-4H,(H2,8,9,10);(H,6,7). The van der Waals surface area contributed by atoms with Gasteiger partial charge in [-0.3, -0.25) is 0 Å². The number of aliphatic carboxylic acids is 1. The van der Waals surface area contributed by atoms with Crippen LogP contribution in [0.3, 0.4) is 0 Å². The van der Waals surface area contributed by atoms with Gasteiger partial charge in [0.25, 0.3) is 0 Å². The molecule has 92 valence electrons. The fraction of sp³-hybridized carbons (Fsp3) is 0.111. The minimum atomic E-state index is -5.08. The smallest absolute Gasteiger partial charge is 0.475 e. The van der Waals surface area contributed by atoms with Crippen molar-refractivity contribution in [2.24, 2.45) is 0 Å². The van der Waals surface area contributed by atoms with E-state index in [9.17, 15) is 18.0 Å². The topological polar surface area (TPSA) is 85.9 Å². The van der Waals surface area contributed by atoms with Gasteiger partial charge in [-0.15, -0.1) is 0 Å². The lowest BCUT2D eigenvalue weighted by Gasteiger charge is -1.93. The summed E-state index contributed by atoms with van der Waals surface area (Å²) >= 11 is 0. The molecule has 3 N–H and O–H groups in total. The Morgan fingerprint density at radius 3 is 1.76 bits per heavy atom. The van der Waals surface area contributed by atoms with E-state index >= 15 is 0 Å². The first kappa shape index (κ1) is 12.8. The molecule has 1 aromatic carbocycles. The van der Waals surface area contributed by atoms with Crippen molar-refractivity contribution < 1.29 is 23.1 Å². The Morgan fingerprint density at radius 2 is 1.47 bits per heavy atom. The molecular weight excluding hydrogens is 241 g/mol. The Morgan fingerprint density at radius 1 is 1.12 bits per heavy atom. The van der Waals surface area contributed by atoms with Gasteiger partial charge in [0.2, 0.25) is 0 Å². The number of H-pyrrole nitrogens is 2. The largest absolute Gasteiger partial charge is 0.490 e. The van der Waals surface area contributed by atoms with Crippen LogP contribution in [0.15, 0.2) is 29.1 Å². The molecule has 5 nitrogen and oxygen atoms in total. The van der Waals surface area contributed by atoms with E-state index in [1.165, 1.54) is 0 Å². The molecule has 8 heteroatoms. The van der Waals surface area contributed by atoms with Crippen LogP contribution in [-0.4, -0.2) is 27.2 Å². The van der Waals surface area contributed by atoms with Crippen molar-refractivity contribution >= 4 is 17.0 Å². The van der Waals surface area contributed by atoms with Gasteiger partial charge in [0.1, 0.15) is 0 Å². The lowest BCUT2D eigenvalue weighted by atomic mass is 10.3. The maximum atomic E-state index is 10.7. The molecule has 0 amide bonds. The Labute approximate surface area is 91.9 Å². The van der Waals surface area contributed by atoms with Crippen molar-refractivity contribution in [2.75, 3.05) is 0 Å². The molecule has 1 heterocycles. The maximum absolute atomic E-state index is 10.7. The number of carboxylic acid groups (broad SMARTS) is 1. The number of aromatic amines is 2. The molecule has 2 rings (SSSR count). The van der Waals surface area contributed by atoms with Gasteiger partial charge in [0.05, 0.1) is 11.0 Å². The molecule has 0 atom stereocenters. The molecule has 0 bridgehead atoms. The van der Waals surface area contributed by atoms with E-state index in [1.807, 2.05) is 24.3 Å². The quantitative estimate of drug-likeness (QED) is 0.660. The molecule has 0 fully saturated rings. The number of halogens is 3. The van der Waals surface area contributed by atoms with Gasteiger partial charge in [-0.2, -0.15) is 13.2 Å². The SMILES string of the molecule is O=C(O)C(F)(F)F.O=c1[nH]c2ccccc2[nH]1. The van der Waals surface area contributed by atoms with E-state index in [1.54, 1.807) is 0 Å². The molecule has 0 aliphatic heterocycles. The number of carbonyl (C=O) groups is 1. The third-order valence-corrected chi connectivity index (χ3v) is 1.67. The molecule has 2 aromatic rings. The number of carboxylic acids is 1. The Hall–Kier alpha value is -2.25. The Balaban J connectivity index is 0.000000185. The van der Waals surface area contributed by atoms with Crippen LogP contribution in [0, 0.1) is 0 Å². The van der Waals surface area contributed by atoms with Crippen LogP contribution in [-0.2, 0) is 4.79 Å². The van der Waals surface area contributed by atoms with E-state index in [0.717, 1.165) is 11.0 Å². The summed E-state index contributed by atoms with van der Waals surface area (Å²) in [6, 6.07) is 7.47. The predicted molar refractivity (Wildman–Crippen MR) is 52.6 cm³/mol. The average Bonchev–Trinajstić information content (AvgIpc) is 2.57. The summed E-state index contributed by atoms with van der Waals surface area (Å²) < 4.78 is 31.7. The number of nitrogens with one attached hydrogen (secondary N) is 2. The van der Waals surface area contributed by atoms with Crippen molar-refractivity contribution in [3.05, 3.63) is 34.7 Å². The summed E-state index contributed by atoms with van der Waals surface area (Å²) in [5, 5.41) is 7.12. The normalized spacial score (nSPS) is 10.8. The molecule has 1 aromatic heterocycles. The summed E-state index contributed by atoms with van der Waals surface area (Å²) in [6.45, 7) is 0. The first-order valence-electron chi connectivity index (χ1n) is 4.28. The minimum Gasteiger partial charge on any atom is -0.475 e. The minimum absolute atomic E-state index is 0.152. The van der Waals surface area contributed by atoms with Gasteiger partial charge in [-0.1, -0.05) is 12.1 Å². The highest BCUT2D eigenvalue weighted by molar-refractivity contribution is 5.73. The van der Waals surface area contributed by atoms with Crippen LogP contribution in [0.4, 0.5) is 13.2 Å². The number of alkyl halides is 3. The molecule has 0 spiro atoms. The molecule has 0 saturated heterocycles. The van der Waals surface area contributed by atoms with Gasteiger partial charge in [0, 0.05) is 0 Å². The number of aromatic nitrogens is 2. The molecule has 0 aliphatic carbocycles. The van der Waals surface area contributed by atoms with Gasteiger partial charge in [0.15, 0.2) is 0 Å². The number of fused-ring (bicyclic) bond motifs is 1. The van der Waals surface area contributed by atoms with Crippen LogP contribution in [0.2, 0.25) is 0 Å². The molecule has 0 saturated carbocycles. The van der Waals surface area contributed by atoms with E-state index in [4.69, 9.17) is 9.90 Å². The van der Waals surface area contributed by atoms with Crippen LogP contribution in [0.1, 0.15) is 0 Å². The van der Waals surface area contributed by atoms with Crippen molar-refractivity contribution in [3.63, 3.8) is 0 Å². The van der Waals surface area contributed by atoms with Crippen molar-refractivity contribution in [2.45, 2.75) is 6.18 Å². The Bertz CT molecular complexity index is 534. The molecular formula is C9H7F3N2O3. The number of rotatable bonds is 0. The third-order valence-electron chi connectivity index (χ3n) is 1.67. The monoisotopic (exact) mass is 248 g/mol. The predicted octanol–water partition coefficient (Wildman–Crippen LogP) is 1.49. The highest BCUT2D eigenvalue weighted by atomic mass is 19.4. The molecule has 0 unspecified atom stereocenters. The number of hydrogen-bond donors (Lipinski definition) is 3. The Kier molecular flexibility index (Phi) is 3.56. The van der Waals surface area contributed by atoms with E-state index in [2.05, 4.69) is 9.97 Å². The van der Waals surface area contributed by atoms with Crippen LogP contribution in [0.5, 0.6) is 0 Å². The van der Waals surface area contributed by atoms with Gasteiger partial charge < -0.3 is 15.1 Å². The average molecular weight is 248 g/mol. The second kappa shape index (κ2) is 4.73. The highest BCUT2D eigenvalue weighted by Crippen LogP contribution is 2.13. The van der Waals surface area contributed by atoms with Gasteiger partial charge >= 0.3 is 17.8 Å². The second-order valence-corrected chi connectivity index (χ2v) is 2.93. The second-order valence-electron chi connectivity index (χ2n) is 2.93. The van der Waals surface area contributed by atoms with Crippen molar-refractivity contribution in [1.29, 1.82) is 0 Å². The van der Waals surface area contributed by atoms with Crippen LogP contribution in [0.25, 0.3) is 11.0 Å². The van der Waals surface area contributed by atoms with Crippen molar-refractivity contribution in [3.8, 4) is 0 Å². The zero-order valence-corrected chi connectivity index (χ0v) is 8.21. The zero-order valence-electron chi connectivity index (χ0n) is 8.21. The summed E-state index contributed by atoms with van der Waals surface area (Å²) in [7, 11) is 0. The first-order chi connectivity index (χ1) is 7.80. The van der Waals surface area contributed by atoms with E-state index in [0.29, 0.717) is 0 Å². The third kappa shape index (κ3) is 3.67. The lowest BCUT2D eigenvalue weighted by molar-refractivity contribution is -0.192. The fourth-order valence-corrected chi connectivity index (χ4v) is 0.977. The van der Waals surface area contributed by atoms with Gasteiger partial charge in [-0.25, -0.2) is 9.59 Å². The summed E-state index contributed by atoms with van der Waals surface area (Å²) in [5.74, 6) is -2.76. The number of hydrogen-bond acceptors (Lipinski definition) is 2. The number of benzene rings is 1. The van der Waals surface area contributed by atoms with Crippen LogP contribution < -0.4 is 5.69 Å². The van der Waals surface area contributed by atoms with Crippen molar-refractivity contribution in [1.82, 2.24) is 9.97 Å². The first-order valence-corrected chi connectivity index (χ1v) is 4.28. The molecule has 0 aliphatic rings. The highest BCUT2D eigenvalue weighted by Gasteiger charge is 2.38. The summed E-state index contributed by atoms with van der Waals surface area (Å²) in [4.78, 5) is 24.9. The molecule has 0 radical (unpaired) electrons. The fourth-order valence-electron chi connectivity index (χ4n) is 0.977. The molecule has 17 heavy (non-hydrogen) atoms. The summed E-state index contributed by atoms with van der Waals surface area (Å²) in [6.07, 6.45) is -5.08. The van der Waals surface area contributed by atoms with E-state index in [-0.39, 0.29) is 5.69 Å². The maximum Gasteiger partial charge on any atom is 0.490 e. The van der Waals surface area contributed by atoms with E-state index < -0.39 is 12.1 Å². The lowest BCUT2D eigenvalue weighted by Crippen LogP contribution is -2.21. The summed E-state index contributed by atoms with van der Waals surface area (Å²) in [5.41, 5.74) is 1.56. The number of para-hydroxylation sites is 2. The zero-order chi connectivity index (χ0) is 13.1. The van der Waals surface area contributed by atoms with Crippen LogP contribution >= 0.6 is 0 Å². The number of imidazole rings is 1.